The molecule has 0 spiro atoms. The fourth-order valence-corrected chi connectivity index (χ4v) is 6.63. The second kappa shape index (κ2) is 7.79. The van der Waals surface area contributed by atoms with Gasteiger partial charge >= 0.3 is 5.69 Å². The van der Waals surface area contributed by atoms with Gasteiger partial charge in [-0.2, -0.15) is 0 Å². The van der Waals surface area contributed by atoms with Crippen molar-refractivity contribution in [3.05, 3.63) is 61.6 Å². The molecule has 1 aromatic carbocycles. The molecular weight excluding hydrogens is 410 g/mol. The molecule has 2 aliphatic rings. The van der Waals surface area contributed by atoms with Crippen LogP contribution in [0.2, 0.25) is 0 Å². The molecule has 0 radical (unpaired) electrons. The third-order valence-electron chi connectivity index (χ3n) is 6.52. The van der Waals surface area contributed by atoms with Gasteiger partial charge in [0.25, 0.3) is 5.56 Å². The first-order valence-electron chi connectivity index (χ1n) is 11.1. The molecule has 2 aromatic heterocycles. The van der Waals surface area contributed by atoms with Crippen molar-refractivity contribution in [1.82, 2.24) is 14.0 Å². The van der Waals surface area contributed by atoms with E-state index in [-0.39, 0.29) is 18.0 Å². The fraction of sp³-hybridized carbons (Fsp3) is 0.458. The summed E-state index contributed by atoms with van der Waals surface area (Å²) in [5.74, 6) is 0.857. The summed E-state index contributed by atoms with van der Waals surface area (Å²) >= 11 is 1.51. The van der Waals surface area contributed by atoms with E-state index >= 15 is 0 Å². The van der Waals surface area contributed by atoms with Crippen molar-refractivity contribution in [2.24, 2.45) is 11.8 Å². The van der Waals surface area contributed by atoms with Crippen molar-refractivity contribution in [3.63, 3.8) is 0 Å². The molecule has 5 rings (SSSR count). The summed E-state index contributed by atoms with van der Waals surface area (Å²) in [6.07, 6.45) is 3.93. The molecular formula is C24H27N3O3S. The maximum absolute atomic E-state index is 13.5. The average molecular weight is 438 g/mol. The highest BCUT2D eigenvalue weighted by atomic mass is 32.1. The highest BCUT2D eigenvalue weighted by Gasteiger charge is 2.29. The van der Waals surface area contributed by atoms with Crippen LogP contribution in [0.1, 0.15) is 37.1 Å². The number of likely N-dealkylation sites (tertiary alicyclic amines) is 1. The van der Waals surface area contributed by atoms with E-state index < -0.39 is 5.69 Å². The number of hydrogen-bond donors (Lipinski definition) is 0. The molecule has 0 N–H and O–H groups in total. The van der Waals surface area contributed by atoms with Crippen molar-refractivity contribution in [2.75, 3.05) is 13.1 Å². The number of rotatable bonds is 3. The van der Waals surface area contributed by atoms with Crippen LogP contribution in [0.5, 0.6) is 0 Å². The third-order valence-corrected chi connectivity index (χ3v) is 7.83. The van der Waals surface area contributed by atoms with Crippen LogP contribution in [0.3, 0.4) is 0 Å². The smallest absolute Gasteiger partial charge is 0.337 e. The van der Waals surface area contributed by atoms with Crippen LogP contribution in [-0.2, 0) is 24.2 Å². The Morgan fingerprint density at radius 3 is 2.48 bits per heavy atom. The van der Waals surface area contributed by atoms with E-state index in [9.17, 15) is 14.4 Å². The van der Waals surface area contributed by atoms with Crippen molar-refractivity contribution < 1.29 is 4.79 Å². The van der Waals surface area contributed by atoms with Crippen LogP contribution in [-0.4, -0.2) is 33.0 Å². The summed E-state index contributed by atoms with van der Waals surface area (Å²) < 4.78 is 2.78. The number of para-hydroxylation sites is 1. The summed E-state index contributed by atoms with van der Waals surface area (Å²) in [6, 6.07) is 9.02. The molecule has 1 amide bonds. The van der Waals surface area contributed by atoms with Crippen molar-refractivity contribution in [3.8, 4) is 5.69 Å². The number of aromatic nitrogens is 2. The van der Waals surface area contributed by atoms with Crippen LogP contribution in [0.25, 0.3) is 15.9 Å². The Labute approximate surface area is 184 Å². The fourth-order valence-electron chi connectivity index (χ4n) is 5.25. The number of thiophene rings is 1. The van der Waals surface area contributed by atoms with Crippen molar-refractivity contribution in [2.45, 2.75) is 46.1 Å². The van der Waals surface area contributed by atoms with Crippen LogP contribution in [0.4, 0.5) is 0 Å². The minimum Gasteiger partial charge on any atom is -0.341 e. The lowest BCUT2D eigenvalue weighted by molar-refractivity contribution is -0.134. The number of piperidine rings is 1. The lowest BCUT2D eigenvalue weighted by Gasteiger charge is -2.35. The molecule has 1 aliphatic heterocycles. The zero-order chi connectivity index (χ0) is 21.7. The largest absolute Gasteiger partial charge is 0.341 e. The molecule has 3 heterocycles. The van der Waals surface area contributed by atoms with Gasteiger partial charge in [0, 0.05) is 18.0 Å². The summed E-state index contributed by atoms with van der Waals surface area (Å²) in [5, 5.41) is 0.620. The molecule has 1 aliphatic carbocycles. The normalized spacial score (nSPS) is 20.9. The Kier molecular flexibility index (Phi) is 5.08. The average Bonchev–Trinajstić information content (AvgIpc) is 3.32. The van der Waals surface area contributed by atoms with Gasteiger partial charge in [-0.3, -0.25) is 14.2 Å². The molecule has 1 fully saturated rings. The number of benzene rings is 1. The lowest BCUT2D eigenvalue weighted by atomic mass is 9.92. The van der Waals surface area contributed by atoms with E-state index in [2.05, 4.69) is 13.8 Å². The SMILES string of the molecule is C[C@@H]1C[C@H](C)CN(C(=O)Cn2c(=O)n(-c3ccccc3)c(=O)c3c4c(sc32)CCC4)C1. The van der Waals surface area contributed by atoms with Crippen LogP contribution in [0, 0.1) is 11.8 Å². The number of nitrogens with zero attached hydrogens (tertiary/aromatic N) is 3. The highest BCUT2D eigenvalue weighted by molar-refractivity contribution is 7.19. The molecule has 2 atom stereocenters. The highest BCUT2D eigenvalue weighted by Crippen LogP contribution is 2.35. The van der Waals surface area contributed by atoms with Gasteiger partial charge < -0.3 is 4.90 Å². The minimum absolute atomic E-state index is 0.0265. The Morgan fingerprint density at radius 1 is 1.06 bits per heavy atom. The summed E-state index contributed by atoms with van der Waals surface area (Å²) in [5.41, 5.74) is 0.902. The van der Waals surface area contributed by atoms with Gasteiger partial charge in [0.2, 0.25) is 5.91 Å². The molecule has 0 unspecified atom stereocenters. The third kappa shape index (κ3) is 3.45. The van der Waals surface area contributed by atoms with Crippen molar-refractivity contribution >= 4 is 27.5 Å². The zero-order valence-corrected chi connectivity index (χ0v) is 18.8. The van der Waals surface area contributed by atoms with Gasteiger partial charge in [0.1, 0.15) is 11.4 Å². The topological polar surface area (TPSA) is 64.3 Å². The van der Waals surface area contributed by atoms with Gasteiger partial charge in [-0.15, -0.1) is 11.3 Å². The monoisotopic (exact) mass is 437 g/mol. The first kappa shape index (κ1) is 20.2. The predicted octanol–water partition coefficient (Wildman–Crippen LogP) is 3.21. The van der Waals surface area contributed by atoms with E-state index in [1.165, 1.54) is 20.8 Å². The molecule has 31 heavy (non-hydrogen) atoms. The van der Waals surface area contributed by atoms with Crippen molar-refractivity contribution in [1.29, 1.82) is 0 Å². The van der Waals surface area contributed by atoms with Gasteiger partial charge in [0.05, 0.1) is 11.1 Å². The van der Waals surface area contributed by atoms with Crippen LogP contribution in [0.15, 0.2) is 39.9 Å². The number of carbonyl (C=O) groups excluding carboxylic acids is 1. The second-order valence-electron chi connectivity index (χ2n) is 9.13. The maximum Gasteiger partial charge on any atom is 0.337 e. The standard InChI is InChI=1S/C24H27N3O3S/c1-15-11-16(2)13-25(12-15)20(28)14-26-23-21(18-9-6-10-19(18)31-23)22(29)27(24(26)30)17-7-4-3-5-8-17/h3-5,7-8,15-16H,6,9-14H2,1-2H3/t15-,16+. The van der Waals surface area contributed by atoms with Gasteiger partial charge in [-0.05, 0) is 55.2 Å². The van der Waals surface area contributed by atoms with Crippen LogP contribution >= 0.6 is 11.3 Å². The van der Waals surface area contributed by atoms with E-state index in [0.29, 0.717) is 27.7 Å². The predicted molar refractivity (Wildman–Crippen MR) is 123 cm³/mol. The summed E-state index contributed by atoms with van der Waals surface area (Å²) in [6.45, 7) is 5.75. The molecule has 3 aromatic rings. The zero-order valence-electron chi connectivity index (χ0n) is 18.0. The quantitative estimate of drug-likeness (QED) is 0.632. The number of carbonyl (C=O) groups is 1. The Hall–Kier alpha value is -2.67. The Balaban J connectivity index is 1.66. The number of fused-ring (bicyclic) bond motifs is 3. The van der Waals surface area contributed by atoms with Gasteiger partial charge in [0.15, 0.2) is 0 Å². The molecule has 0 saturated carbocycles. The van der Waals surface area contributed by atoms with E-state index in [1.807, 2.05) is 23.1 Å². The number of aryl methyl sites for hydroxylation is 2. The Bertz CT molecular complexity index is 1260. The molecule has 0 bridgehead atoms. The van der Waals surface area contributed by atoms with Crippen LogP contribution < -0.4 is 11.2 Å². The van der Waals surface area contributed by atoms with Gasteiger partial charge in [-0.25, -0.2) is 9.36 Å². The van der Waals surface area contributed by atoms with E-state index in [1.54, 1.807) is 16.7 Å². The summed E-state index contributed by atoms with van der Waals surface area (Å²) in [7, 11) is 0. The van der Waals surface area contributed by atoms with E-state index in [4.69, 9.17) is 0 Å². The molecule has 162 valence electrons. The maximum atomic E-state index is 13.5. The minimum atomic E-state index is -0.435. The second-order valence-corrected chi connectivity index (χ2v) is 10.2. The lowest BCUT2D eigenvalue weighted by Crippen LogP contribution is -2.46. The first-order valence-corrected chi connectivity index (χ1v) is 11.9. The Morgan fingerprint density at radius 2 is 1.77 bits per heavy atom. The van der Waals surface area contributed by atoms with E-state index in [0.717, 1.165) is 44.3 Å². The number of hydrogen-bond acceptors (Lipinski definition) is 4. The van der Waals surface area contributed by atoms with Gasteiger partial charge in [-0.1, -0.05) is 32.0 Å². The summed E-state index contributed by atoms with van der Waals surface area (Å²) in [4.78, 5) is 44.0. The molecule has 7 heteroatoms. The first-order chi connectivity index (χ1) is 14.9. The molecule has 6 nitrogen and oxygen atoms in total. The molecule has 1 saturated heterocycles. The number of amides is 1.